The number of benzene rings is 2. The molecule has 152 valence electrons. The summed E-state index contributed by atoms with van der Waals surface area (Å²) in [6.07, 6.45) is -5.02. The molecule has 1 heterocycles. The molecule has 6 nitrogen and oxygen atoms in total. The van der Waals surface area contributed by atoms with Crippen LogP contribution in [0.4, 0.5) is 18.9 Å². The van der Waals surface area contributed by atoms with Crippen LogP contribution in [-0.4, -0.2) is 50.4 Å². The zero-order valence-electron chi connectivity index (χ0n) is 14.4. The summed E-state index contributed by atoms with van der Waals surface area (Å²) in [5.74, 6) is -0.711. The van der Waals surface area contributed by atoms with Crippen molar-refractivity contribution in [3.05, 3.63) is 46.9 Å². The van der Waals surface area contributed by atoms with E-state index in [1.807, 2.05) is 4.90 Å². The average molecular weight is 481 g/mol. The summed E-state index contributed by atoms with van der Waals surface area (Å²) in [4.78, 5) is 1.26. The zero-order valence-corrected chi connectivity index (χ0v) is 16.8. The smallest absolute Gasteiger partial charge is 0.506 e. The van der Waals surface area contributed by atoms with Crippen LogP contribution < -0.4 is 9.64 Å². The van der Waals surface area contributed by atoms with Gasteiger partial charge in [-0.3, -0.25) is 0 Å². The van der Waals surface area contributed by atoms with Crippen LogP contribution in [0.1, 0.15) is 0 Å². The Labute approximate surface area is 168 Å². The largest absolute Gasteiger partial charge is 0.573 e. The van der Waals surface area contributed by atoms with Crippen LogP contribution in [0.3, 0.4) is 0 Å². The Balaban J connectivity index is 1.82. The highest BCUT2D eigenvalue weighted by atomic mass is 79.9. The predicted molar refractivity (Wildman–Crippen MR) is 99.9 cm³/mol. The monoisotopic (exact) mass is 480 g/mol. The molecule has 0 aromatic heterocycles. The molecule has 0 saturated carbocycles. The van der Waals surface area contributed by atoms with Crippen molar-refractivity contribution >= 4 is 31.6 Å². The summed E-state index contributed by atoms with van der Waals surface area (Å²) in [7, 11) is -4.20. The first-order chi connectivity index (χ1) is 13.1. The molecule has 2 aromatic carbocycles. The number of sulfonamides is 1. The Bertz CT molecular complexity index is 961. The molecule has 11 heteroatoms. The van der Waals surface area contributed by atoms with Gasteiger partial charge in [-0.1, -0.05) is 28.1 Å². The van der Waals surface area contributed by atoms with Gasteiger partial charge in [0.25, 0.3) is 0 Å². The molecule has 0 atom stereocenters. The van der Waals surface area contributed by atoms with Crippen LogP contribution in [0.2, 0.25) is 0 Å². The third-order valence-electron chi connectivity index (χ3n) is 4.21. The minimum atomic E-state index is -5.02. The highest BCUT2D eigenvalue weighted by molar-refractivity contribution is 9.10. The minimum absolute atomic E-state index is 0.0538. The first-order valence-electron chi connectivity index (χ1n) is 8.16. The lowest BCUT2D eigenvalue weighted by Gasteiger charge is -2.35. The predicted octanol–water partition coefficient (Wildman–Crippen LogP) is 3.56. The van der Waals surface area contributed by atoms with Gasteiger partial charge in [-0.2, -0.15) is 4.31 Å². The number of piperazine rings is 1. The topological polar surface area (TPSA) is 70.1 Å². The number of nitrogens with zero attached hydrogens (tertiary/aromatic N) is 2. The van der Waals surface area contributed by atoms with Crippen LogP contribution in [0.15, 0.2) is 51.8 Å². The van der Waals surface area contributed by atoms with E-state index in [2.05, 4.69) is 20.7 Å². The second-order valence-corrected chi connectivity index (χ2v) is 8.84. The lowest BCUT2D eigenvalue weighted by molar-refractivity contribution is -0.275. The van der Waals surface area contributed by atoms with Crippen molar-refractivity contribution < 1.29 is 31.4 Å². The Morgan fingerprint density at radius 3 is 2.29 bits per heavy atom. The van der Waals surface area contributed by atoms with Crippen LogP contribution in [0.25, 0.3) is 0 Å². The summed E-state index contributed by atoms with van der Waals surface area (Å²) in [5, 5.41) is 9.94. The Morgan fingerprint density at radius 1 is 1.04 bits per heavy atom. The number of alkyl halides is 3. The first kappa shape index (κ1) is 20.7. The van der Waals surface area contributed by atoms with Gasteiger partial charge in [-0.05, 0) is 30.3 Å². The van der Waals surface area contributed by atoms with E-state index in [1.165, 1.54) is 12.1 Å². The number of aromatic hydroxyl groups is 1. The maximum Gasteiger partial charge on any atom is 0.573 e. The summed E-state index contributed by atoms with van der Waals surface area (Å²) in [5.41, 5.74) is 0.573. The van der Waals surface area contributed by atoms with Gasteiger partial charge in [-0.25, -0.2) is 8.42 Å². The number of halogens is 4. The number of phenolic OH excluding ortho intramolecular Hbond substituents is 1. The van der Waals surface area contributed by atoms with Gasteiger partial charge in [0.1, 0.15) is 10.6 Å². The molecule has 1 aliphatic heterocycles. The molecule has 1 N–H and O–H groups in total. The number of hydrogen-bond acceptors (Lipinski definition) is 5. The van der Waals surface area contributed by atoms with Gasteiger partial charge in [0.05, 0.1) is 5.69 Å². The van der Waals surface area contributed by atoms with Gasteiger partial charge in [-0.15, -0.1) is 13.2 Å². The Kier molecular flexibility index (Phi) is 5.78. The van der Waals surface area contributed by atoms with Crippen molar-refractivity contribution in [2.24, 2.45) is 0 Å². The molecule has 1 saturated heterocycles. The van der Waals surface area contributed by atoms with E-state index >= 15 is 0 Å². The number of rotatable bonds is 4. The summed E-state index contributed by atoms with van der Waals surface area (Å²) in [6.45, 7) is 0.669. The standard InChI is InChI=1S/C17H16BrF3N2O4S/c18-12-5-6-16(15(11-12)27-17(19,20)21)28(25,26)23-9-7-22(8-10-23)13-3-1-2-4-14(13)24/h1-6,11,24H,7-10H2. The van der Waals surface area contributed by atoms with Crippen molar-refractivity contribution in [2.75, 3.05) is 31.1 Å². The number of ether oxygens (including phenoxy) is 1. The molecule has 0 bridgehead atoms. The van der Waals surface area contributed by atoms with E-state index in [9.17, 15) is 26.7 Å². The molecule has 1 aliphatic rings. The molecular formula is C17H16BrF3N2O4S. The van der Waals surface area contributed by atoms with Gasteiger partial charge in [0.2, 0.25) is 10.0 Å². The highest BCUT2D eigenvalue weighted by Crippen LogP contribution is 2.35. The number of para-hydroxylation sites is 2. The van der Waals surface area contributed by atoms with E-state index in [4.69, 9.17) is 0 Å². The molecule has 0 unspecified atom stereocenters. The van der Waals surface area contributed by atoms with Crippen LogP contribution in [0, 0.1) is 0 Å². The number of anilines is 1. The third-order valence-corrected chi connectivity index (χ3v) is 6.64. The average Bonchev–Trinajstić information content (AvgIpc) is 2.61. The molecule has 3 rings (SSSR count). The zero-order chi connectivity index (χ0) is 20.5. The summed E-state index contributed by atoms with van der Waals surface area (Å²) in [6, 6.07) is 10.1. The molecule has 0 radical (unpaired) electrons. The third kappa shape index (κ3) is 4.53. The molecule has 0 spiro atoms. The summed E-state index contributed by atoms with van der Waals surface area (Å²) < 4.78 is 69.2. The number of phenols is 1. The second-order valence-electron chi connectivity index (χ2n) is 6.02. The molecule has 2 aromatic rings. The fraction of sp³-hybridized carbons (Fsp3) is 0.294. The Morgan fingerprint density at radius 2 is 1.68 bits per heavy atom. The fourth-order valence-electron chi connectivity index (χ4n) is 2.94. The molecule has 28 heavy (non-hydrogen) atoms. The maximum absolute atomic E-state index is 12.9. The van der Waals surface area contributed by atoms with E-state index in [1.54, 1.807) is 18.2 Å². The van der Waals surface area contributed by atoms with Crippen LogP contribution in [0.5, 0.6) is 11.5 Å². The molecule has 0 amide bonds. The van der Waals surface area contributed by atoms with Gasteiger partial charge in [0, 0.05) is 30.7 Å². The van der Waals surface area contributed by atoms with Gasteiger partial charge >= 0.3 is 6.36 Å². The van der Waals surface area contributed by atoms with E-state index in [0.717, 1.165) is 16.4 Å². The summed E-state index contributed by atoms with van der Waals surface area (Å²) >= 11 is 3.02. The van der Waals surface area contributed by atoms with Crippen molar-refractivity contribution in [3.8, 4) is 11.5 Å². The van der Waals surface area contributed by atoms with E-state index in [0.29, 0.717) is 5.69 Å². The lowest BCUT2D eigenvalue weighted by Crippen LogP contribution is -2.48. The van der Waals surface area contributed by atoms with E-state index < -0.39 is 27.0 Å². The highest BCUT2D eigenvalue weighted by Gasteiger charge is 2.36. The number of hydrogen-bond donors (Lipinski definition) is 1. The normalized spacial score (nSPS) is 16.2. The minimum Gasteiger partial charge on any atom is -0.506 e. The van der Waals surface area contributed by atoms with Crippen molar-refractivity contribution in [3.63, 3.8) is 0 Å². The second kappa shape index (κ2) is 7.80. The van der Waals surface area contributed by atoms with Crippen LogP contribution >= 0.6 is 15.9 Å². The molecule has 1 fully saturated rings. The maximum atomic E-state index is 12.9. The Hall–Kier alpha value is -1.98. The van der Waals surface area contributed by atoms with Gasteiger partial charge < -0.3 is 14.7 Å². The molecule has 0 aliphatic carbocycles. The van der Waals surface area contributed by atoms with Crippen molar-refractivity contribution in [2.45, 2.75) is 11.3 Å². The quantitative estimate of drug-likeness (QED) is 0.724. The van der Waals surface area contributed by atoms with Crippen LogP contribution in [-0.2, 0) is 10.0 Å². The van der Waals surface area contributed by atoms with Crippen molar-refractivity contribution in [1.29, 1.82) is 0 Å². The fourth-order valence-corrected chi connectivity index (χ4v) is 4.80. The van der Waals surface area contributed by atoms with E-state index in [-0.39, 0.29) is 36.4 Å². The van der Waals surface area contributed by atoms with Crippen molar-refractivity contribution in [1.82, 2.24) is 4.31 Å². The van der Waals surface area contributed by atoms with Gasteiger partial charge in [0.15, 0.2) is 5.75 Å². The first-order valence-corrected chi connectivity index (χ1v) is 10.4. The lowest BCUT2D eigenvalue weighted by atomic mass is 10.2. The molecular weight excluding hydrogens is 465 g/mol. The SMILES string of the molecule is O=S(=O)(c1ccc(Br)cc1OC(F)(F)F)N1CCN(c2ccccc2O)CC1.